The first kappa shape index (κ1) is 23.6. The summed E-state index contributed by atoms with van der Waals surface area (Å²) in [6.45, 7) is 10.8. The van der Waals surface area contributed by atoms with Gasteiger partial charge in [-0.25, -0.2) is 0 Å². The number of hydrogen-bond acceptors (Lipinski definition) is 5. The van der Waals surface area contributed by atoms with Crippen LogP contribution in [0, 0.1) is 0 Å². The minimum atomic E-state index is 0.0261. The van der Waals surface area contributed by atoms with E-state index < -0.39 is 0 Å². The maximum Gasteiger partial charge on any atom is 0.237 e. The molecule has 0 unspecified atom stereocenters. The lowest BCUT2D eigenvalue weighted by molar-refractivity contribution is -0.116. The summed E-state index contributed by atoms with van der Waals surface area (Å²) in [7, 11) is 0. The van der Waals surface area contributed by atoms with Crippen molar-refractivity contribution in [2.75, 3.05) is 10.7 Å². The molecule has 168 valence electrons. The third-order valence-corrected chi connectivity index (χ3v) is 5.90. The topological polar surface area (TPSA) is 60.2 Å². The molecule has 3 aromatic rings. The number of anilines is 1. The van der Waals surface area contributed by atoms with E-state index in [1.807, 2.05) is 65.8 Å². The molecule has 1 aromatic heterocycles. The standard InChI is InChI=1S/C25H30N4O2S/c1-5-16-28-23(17-31-22-14-12-20(6-2)13-15-22)26-27-25(28)32-18-24(30)29(19(3)4)21-10-8-7-9-11-21/h5,7-15,19H,1,6,16-18H2,2-4H3. The van der Waals surface area contributed by atoms with Crippen molar-refractivity contribution in [2.24, 2.45) is 0 Å². The Morgan fingerprint density at radius 3 is 2.50 bits per heavy atom. The Bertz CT molecular complexity index is 1020. The van der Waals surface area contributed by atoms with Gasteiger partial charge in [0.2, 0.25) is 5.91 Å². The summed E-state index contributed by atoms with van der Waals surface area (Å²) in [6, 6.07) is 17.8. The lowest BCUT2D eigenvalue weighted by Crippen LogP contribution is -2.38. The number of amides is 1. The van der Waals surface area contributed by atoms with Crippen LogP contribution in [0.2, 0.25) is 0 Å². The van der Waals surface area contributed by atoms with Gasteiger partial charge in [-0.05, 0) is 50.1 Å². The van der Waals surface area contributed by atoms with Gasteiger partial charge in [-0.2, -0.15) is 0 Å². The van der Waals surface area contributed by atoms with Crippen molar-refractivity contribution in [3.63, 3.8) is 0 Å². The summed E-state index contributed by atoms with van der Waals surface area (Å²) >= 11 is 1.38. The number of carbonyl (C=O) groups excluding carboxylic acids is 1. The number of aromatic nitrogens is 3. The fourth-order valence-corrected chi connectivity index (χ4v) is 4.15. The highest BCUT2D eigenvalue weighted by Gasteiger charge is 2.21. The first-order chi connectivity index (χ1) is 15.5. The average molecular weight is 451 g/mol. The smallest absolute Gasteiger partial charge is 0.237 e. The lowest BCUT2D eigenvalue weighted by atomic mass is 10.2. The lowest BCUT2D eigenvalue weighted by Gasteiger charge is -2.26. The number of nitrogens with zero attached hydrogens (tertiary/aromatic N) is 4. The second-order valence-electron chi connectivity index (χ2n) is 7.57. The molecule has 0 radical (unpaired) electrons. The van der Waals surface area contributed by atoms with Gasteiger partial charge >= 0.3 is 0 Å². The van der Waals surface area contributed by atoms with Gasteiger partial charge in [0.15, 0.2) is 11.0 Å². The number of carbonyl (C=O) groups is 1. The molecule has 0 fully saturated rings. The molecule has 32 heavy (non-hydrogen) atoms. The van der Waals surface area contributed by atoms with Crippen molar-refractivity contribution in [3.05, 3.63) is 78.6 Å². The molecule has 0 aliphatic heterocycles. The first-order valence-corrected chi connectivity index (χ1v) is 11.8. The molecule has 6 nitrogen and oxygen atoms in total. The SMILES string of the molecule is C=CCn1c(COc2ccc(CC)cc2)nnc1SCC(=O)N(c1ccccc1)C(C)C. The van der Waals surface area contributed by atoms with Gasteiger partial charge in [-0.3, -0.25) is 9.36 Å². The van der Waals surface area contributed by atoms with Gasteiger partial charge in [0.1, 0.15) is 12.4 Å². The highest BCUT2D eigenvalue weighted by atomic mass is 32.2. The van der Waals surface area contributed by atoms with E-state index >= 15 is 0 Å². The van der Waals surface area contributed by atoms with Gasteiger partial charge in [0.25, 0.3) is 0 Å². The number of thioether (sulfide) groups is 1. The van der Waals surface area contributed by atoms with Gasteiger partial charge in [-0.1, -0.05) is 55.1 Å². The second kappa shape index (κ2) is 11.5. The summed E-state index contributed by atoms with van der Waals surface area (Å²) in [6.07, 6.45) is 2.78. The molecule has 3 rings (SSSR count). The molecular weight excluding hydrogens is 420 g/mol. The molecule has 0 N–H and O–H groups in total. The minimum absolute atomic E-state index is 0.0261. The van der Waals surface area contributed by atoms with Crippen LogP contribution in [0.1, 0.15) is 32.2 Å². The van der Waals surface area contributed by atoms with E-state index in [1.54, 1.807) is 6.08 Å². The molecule has 2 aromatic carbocycles. The Morgan fingerprint density at radius 1 is 1.16 bits per heavy atom. The van der Waals surface area contributed by atoms with E-state index in [-0.39, 0.29) is 17.7 Å². The molecule has 0 aliphatic carbocycles. The zero-order valence-corrected chi connectivity index (χ0v) is 19.7. The molecule has 0 aliphatic rings. The molecule has 0 atom stereocenters. The van der Waals surface area contributed by atoms with Crippen LogP contribution in [0.15, 0.2) is 72.4 Å². The van der Waals surface area contributed by atoms with Gasteiger partial charge < -0.3 is 9.64 Å². The van der Waals surface area contributed by atoms with E-state index in [9.17, 15) is 4.79 Å². The van der Waals surface area contributed by atoms with Crippen molar-refractivity contribution in [1.29, 1.82) is 0 Å². The summed E-state index contributed by atoms with van der Waals surface area (Å²) < 4.78 is 7.84. The van der Waals surface area contributed by atoms with E-state index in [0.717, 1.165) is 17.9 Å². The van der Waals surface area contributed by atoms with Gasteiger partial charge in [-0.15, -0.1) is 16.8 Å². The average Bonchev–Trinajstić information content (AvgIpc) is 3.19. The zero-order chi connectivity index (χ0) is 22.9. The molecule has 1 heterocycles. The van der Waals surface area contributed by atoms with E-state index in [2.05, 4.69) is 35.8 Å². The Balaban J connectivity index is 1.67. The summed E-state index contributed by atoms with van der Waals surface area (Å²) in [5, 5.41) is 9.27. The molecule has 1 amide bonds. The van der Waals surface area contributed by atoms with Crippen LogP contribution in [0.5, 0.6) is 5.75 Å². The highest BCUT2D eigenvalue weighted by Crippen LogP contribution is 2.23. The van der Waals surface area contributed by atoms with Crippen LogP contribution < -0.4 is 9.64 Å². The molecule has 0 bridgehead atoms. The number of benzene rings is 2. The number of rotatable bonds is 11. The van der Waals surface area contributed by atoms with Crippen molar-refractivity contribution >= 4 is 23.4 Å². The fourth-order valence-electron chi connectivity index (χ4n) is 3.33. The third-order valence-electron chi connectivity index (χ3n) is 4.95. The summed E-state index contributed by atoms with van der Waals surface area (Å²) in [4.78, 5) is 14.8. The van der Waals surface area contributed by atoms with E-state index in [0.29, 0.717) is 24.1 Å². The van der Waals surface area contributed by atoms with E-state index in [1.165, 1.54) is 17.3 Å². The van der Waals surface area contributed by atoms with Crippen LogP contribution in [-0.2, 0) is 24.4 Å². The van der Waals surface area contributed by atoms with Crippen LogP contribution in [-0.4, -0.2) is 32.5 Å². The summed E-state index contributed by atoms with van der Waals surface area (Å²) in [5.41, 5.74) is 2.16. The minimum Gasteiger partial charge on any atom is -0.486 e. The van der Waals surface area contributed by atoms with Crippen LogP contribution >= 0.6 is 11.8 Å². The monoisotopic (exact) mass is 450 g/mol. The van der Waals surface area contributed by atoms with Gasteiger partial charge in [0.05, 0.1) is 5.75 Å². The first-order valence-electron chi connectivity index (χ1n) is 10.8. The van der Waals surface area contributed by atoms with Crippen molar-refractivity contribution in [1.82, 2.24) is 14.8 Å². The molecule has 0 saturated heterocycles. The Morgan fingerprint density at radius 2 is 1.88 bits per heavy atom. The normalized spacial score (nSPS) is 10.9. The molecular formula is C25H30N4O2S. The van der Waals surface area contributed by atoms with Crippen molar-refractivity contribution in [2.45, 2.75) is 51.5 Å². The zero-order valence-electron chi connectivity index (χ0n) is 18.9. The predicted octanol–water partition coefficient (Wildman–Crippen LogP) is 5.14. The maximum absolute atomic E-state index is 13.0. The van der Waals surface area contributed by atoms with Crippen molar-refractivity contribution in [3.8, 4) is 5.75 Å². The quantitative estimate of drug-likeness (QED) is 0.299. The molecule has 0 spiro atoms. The van der Waals surface area contributed by atoms with Crippen LogP contribution in [0.25, 0.3) is 0 Å². The van der Waals surface area contributed by atoms with Crippen molar-refractivity contribution < 1.29 is 9.53 Å². The van der Waals surface area contributed by atoms with Crippen LogP contribution in [0.4, 0.5) is 5.69 Å². The number of aryl methyl sites for hydroxylation is 1. The number of hydrogen-bond donors (Lipinski definition) is 0. The predicted molar refractivity (Wildman–Crippen MR) is 130 cm³/mol. The Labute approximate surface area is 194 Å². The Kier molecular flexibility index (Phi) is 8.50. The number of ether oxygens (including phenoxy) is 1. The number of para-hydroxylation sites is 1. The number of allylic oxidation sites excluding steroid dienone is 1. The van der Waals surface area contributed by atoms with Crippen LogP contribution in [0.3, 0.4) is 0 Å². The molecule has 7 heteroatoms. The van der Waals surface area contributed by atoms with Gasteiger partial charge in [0, 0.05) is 18.3 Å². The largest absolute Gasteiger partial charge is 0.486 e. The Hall–Kier alpha value is -3.06. The van der Waals surface area contributed by atoms with E-state index in [4.69, 9.17) is 4.74 Å². The fraction of sp³-hybridized carbons (Fsp3) is 0.320. The summed E-state index contributed by atoms with van der Waals surface area (Å²) in [5.74, 6) is 1.78. The maximum atomic E-state index is 13.0. The molecule has 0 saturated carbocycles. The highest BCUT2D eigenvalue weighted by molar-refractivity contribution is 7.99. The third kappa shape index (κ3) is 6.01. The second-order valence-corrected chi connectivity index (χ2v) is 8.51.